The third-order valence-corrected chi connectivity index (χ3v) is 6.03. The molecular formula is C19H22N8O2. The van der Waals surface area contributed by atoms with Crippen molar-refractivity contribution in [3.05, 3.63) is 40.2 Å². The summed E-state index contributed by atoms with van der Waals surface area (Å²) in [5.41, 5.74) is 1.19. The standard InChI is InChI=1S/C19H22N8O2/c1-11-8-13(23-15-12-9-22-25-16(12)21-10-20-15)18(29)27-14(11)17(28)24-19(26(27)2)6-4-3-5-7-19/h8-10H,3-7H2,1-2H3,(H,24,28)(H2,20,21,22,23,25). The largest absolute Gasteiger partial charge is 0.335 e. The Hall–Kier alpha value is -3.43. The second-order valence-corrected chi connectivity index (χ2v) is 7.76. The third kappa shape index (κ3) is 2.59. The van der Waals surface area contributed by atoms with Crippen LogP contribution in [-0.4, -0.2) is 43.5 Å². The average Bonchev–Trinajstić information content (AvgIpc) is 3.19. The molecule has 1 spiro atoms. The van der Waals surface area contributed by atoms with Crippen molar-refractivity contribution in [3.8, 4) is 0 Å². The molecule has 1 aliphatic carbocycles. The molecule has 1 aliphatic heterocycles. The highest BCUT2D eigenvalue weighted by atomic mass is 16.2. The van der Waals surface area contributed by atoms with E-state index in [0.717, 1.165) is 32.1 Å². The Kier molecular flexibility index (Phi) is 3.83. The molecule has 3 aromatic rings. The Balaban J connectivity index is 1.63. The molecule has 0 unspecified atom stereocenters. The van der Waals surface area contributed by atoms with Gasteiger partial charge in [-0.15, -0.1) is 0 Å². The van der Waals surface area contributed by atoms with Gasteiger partial charge in [0.15, 0.2) is 5.65 Å². The number of nitrogens with one attached hydrogen (secondary N) is 3. The van der Waals surface area contributed by atoms with E-state index < -0.39 is 5.66 Å². The molecule has 2 aliphatic rings. The van der Waals surface area contributed by atoms with Gasteiger partial charge in [0.1, 0.15) is 29.2 Å². The molecular weight excluding hydrogens is 372 g/mol. The minimum absolute atomic E-state index is 0.203. The number of H-pyrrole nitrogens is 1. The SMILES string of the molecule is Cc1cc(Nc2ncnc3[nH]ncc23)c(=O)n2c1C(=O)NC1(CCCCC1)N2C. The zero-order valence-corrected chi connectivity index (χ0v) is 16.3. The van der Waals surface area contributed by atoms with Crippen molar-refractivity contribution >= 4 is 28.4 Å². The fourth-order valence-corrected chi connectivity index (χ4v) is 4.50. The molecule has 0 radical (unpaired) electrons. The first kappa shape index (κ1) is 17.7. The zero-order valence-electron chi connectivity index (χ0n) is 16.3. The van der Waals surface area contributed by atoms with E-state index in [1.807, 2.05) is 19.0 Å². The van der Waals surface area contributed by atoms with Gasteiger partial charge in [-0.3, -0.25) is 19.7 Å². The van der Waals surface area contributed by atoms with Crippen molar-refractivity contribution in [3.63, 3.8) is 0 Å². The highest BCUT2D eigenvalue weighted by molar-refractivity contribution is 5.96. The van der Waals surface area contributed by atoms with Crippen LogP contribution in [0.15, 0.2) is 23.4 Å². The molecule has 0 bridgehead atoms. The molecule has 0 saturated heterocycles. The number of hydrogen-bond donors (Lipinski definition) is 3. The van der Waals surface area contributed by atoms with Crippen LogP contribution in [-0.2, 0) is 0 Å². The second kappa shape index (κ2) is 6.29. The normalized spacial score (nSPS) is 18.0. The zero-order chi connectivity index (χ0) is 20.2. The van der Waals surface area contributed by atoms with Crippen LogP contribution in [0, 0.1) is 6.92 Å². The Labute approximate surface area is 166 Å². The quantitative estimate of drug-likeness (QED) is 0.603. The lowest BCUT2D eigenvalue weighted by molar-refractivity contribution is 0.0773. The number of hydrogen-bond acceptors (Lipinski definition) is 7. The van der Waals surface area contributed by atoms with E-state index in [9.17, 15) is 9.59 Å². The summed E-state index contributed by atoms with van der Waals surface area (Å²) in [6.45, 7) is 1.83. The maximum Gasteiger partial charge on any atom is 0.293 e. The molecule has 10 heteroatoms. The number of nitrogens with zero attached hydrogens (tertiary/aromatic N) is 5. The topological polar surface area (TPSA) is 121 Å². The van der Waals surface area contributed by atoms with Gasteiger partial charge in [0.2, 0.25) is 0 Å². The number of rotatable bonds is 2. The van der Waals surface area contributed by atoms with E-state index in [1.54, 1.807) is 12.3 Å². The number of amides is 1. The lowest BCUT2D eigenvalue weighted by atomic mass is 9.87. The van der Waals surface area contributed by atoms with Gasteiger partial charge < -0.3 is 10.6 Å². The maximum atomic E-state index is 13.4. The summed E-state index contributed by atoms with van der Waals surface area (Å²) < 4.78 is 1.51. The second-order valence-electron chi connectivity index (χ2n) is 7.76. The summed E-state index contributed by atoms with van der Waals surface area (Å²) in [7, 11) is 1.87. The smallest absolute Gasteiger partial charge is 0.293 e. The monoisotopic (exact) mass is 394 g/mol. The Morgan fingerprint density at radius 3 is 2.76 bits per heavy atom. The summed E-state index contributed by atoms with van der Waals surface area (Å²) in [4.78, 5) is 34.7. The molecule has 0 atom stereocenters. The molecule has 1 saturated carbocycles. The van der Waals surface area contributed by atoms with E-state index in [1.165, 1.54) is 11.0 Å². The molecule has 4 heterocycles. The molecule has 5 rings (SSSR count). The van der Waals surface area contributed by atoms with Crippen molar-refractivity contribution < 1.29 is 4.79 Å². The van der Waals surface area contributed by atoms with E-state index in [4.69, 9.17) is 0 Å². The molecule has 1 fully saturated rings. The van der Waals surface area contributed by atoms with Crippen LogP contribution in [0.2, 0.25) is 0 Å². The van der Waals surface area contributed by atoms with Crippen LogP contribution in [0.3, 0.4) is 0 Å². The first-order chi connectivity index (χ1) is 14.0. The van der Waals surface area contributed by atoms with Crippen molar-refractivity contribution in [2.45, 2.75) is 44.7 Å². The lowest BCUT2D eigenvalue weighted by Crippen LogP contribution is -2.70. The molecule has 29 heavy (non-hydrogen) atoms. The fraction of sp³-hybridized carbons (Fsp3) is 0.421. The van der Waals surface area contributed by atoms with Crippen LogP contribution in [0.1, 0.15) is 48.2 Å². The van der Waals surface area contributed by atoms with E-state index in [0.29, 0.717) is 33.8 Å². The summed E-state index contributed by atoms with van der Waals surface area (Å²) >= 11 is 0. The minimum Gasteiger partial charge on any atom is -0.335 e. The number of fused-ring (bicyclic) bond motifs is 2. The van der Waals surface area contributed by atoms with Crippen LogP contribution in [0.5, 0.6) is 0 Å². The molecule has 1 amide bonds. The van der Waals surface area contributed by atoms with Crippen molar-refractivity contribution in [2.24, 2.45) is 0 Å². The predicted octanol–water partition coefficient (Wildman–Crippen LogP) is 1.54. The molecule has 0 aromatic carbocycles. The number of aromatic nitrogens is 5. The summed E-state index contributed by atoms with van der Waals surface area (Å²) in [6.07, 6.45) is 7.83. The highest BCUT2D eigenvalue weighted by Crippen LogP contribution is 2.33. The van der Waals surface area contributed by atoms with Crippen LogP contribution in [0.4, 0.5) is 11.5 Å². The van der Waals surface area contributed by atoms with Crippen molar-refractivity contribution in [1.29, 1.82) is 0 Å². The number of pyridine rings is 1. The third-order valence-electron chi connectivity index (χ3n) is 6.03. The summed E-state index contributed by atoms with van der Waals surface area (Å²) in [5.74, 6) is 0.279. The fourth-order valence-electron chi connectivity index (χ4n) is 4.50. The van der Waals surface area contributed by atoms with Gasteiger partial charge in [0, 0.05) is 7.05 Å². The number of aryl methyl sites for hydroxylation is 1. The predicted molar refractivity (Wildman–Crippen MR) is 108 cm³/mol. The van der Waals surface area contributed by atoms with Gasteiger partial charge in [-0.25, -0.2) is 14.6 Å². The van der Waals surface area contributed by atoms with Gasteiger partial charge in [0.25, 0.3) is 11.5 Å². The number of aromatic amines is 1. The number of carbonyl (C=O) groups excluding carboxylic acids is 1. The summed E-state index contributed by atoms with van der Waals surface area (Å²) in [5, 5.41) is 15.6. The maximum absolute atomic E-state index is 13.4. The molecule has 10 nitrogen and oxygen atoms in total. The average molecular weight is 394 g/mol. The molecule has 150 valence electrons. The van der Waals surface area contributed by atoms with Gasteiger partial charge in [0.05, 0.1) is 11.6 Å². The van der Waals surface area contributed by atoms with Gasteiger partial charge >= 0.3 is 0 Å². The van der Waals surface area contributed by atoms with Gasteiger partial charge in [-0.2, -0.15) is 5.10 Å². The van der Waals surface area contributed by atoms with Crippen molar-refractivity contribution in [2.75, 3.05) is 17.4 Å². The molecule has 3 N–H and O–H groups in total. The first-order valence-corrected chi connectivity index (χ1v) is 9.74. The first-order valence-electron chi connectivity index (χ1n) is 9.74. The Bertz CT molecular complexity index is 1170. The minimum atomic E-state index is -0.524. The summed E-state index contributed by atoms with van der Waals surface area (Å²) in [6, 6.07) is 1.69. The van der Waals surface area contributed by atoms with Crippen LogP contribution in [0.25, 0.3) is 11.0 Å². The Morgan fingerprint density at radius 1 is 1.17 bits per heavy atom. The van der Waals surface area contributed by atoms with Crippen LogP contribution >= 0.6 is 0 Å². The Morgan fingerprint density at radius 2 is 1.97 bits per heavy atom. The number of carbonyl (C=O) groups is 1. The van der Waals surface area contributed by atoms with E-state index >= 15 is 0 Å². The van der Waals surface area contributed by atoms with Crippen LogP contribution < -0.4 is 21.2 Å². The molecule has 3 aromatic heterocycles. The number of anilines is 2. The van der Waals surface area contributed by atoms with E-state index in [-0.39, 0.29) is 11.5 Å². The highest BCUT2D eigenvalue weighted by Gasteiger charge is 2.44. The lowest BCUT2D eigenvalue weighted by Gasteiger charge is -2.50. The van der Waals surface area contributed by atoms with Gasteiger partial charge in [-0.1, -0.05) is 6.42 Å². The van der Waals surface area contributed by atoms with Crippen molar-refractivity contribution in [1.82, 2.24) is 30.2 Å². The van der Waals surface area contributed by atoms with E-state index in [2.05, 4.69) is 30.8 Å². The van der Waals surface area contributed by atoms with Gasteiger partial charge in [-0.05, 0) is 44.2 Å².